The first-order valence-corrected chi connectivity index (χ1v) is 5.45. The normalized spacial score (nSPS) is 10.1. The number of benzene rings is 1. The lowest BCUT2D eigenvalue weighted by atomic mass is 10.3. The van der Waals surface area contributed by atoms with Gasteiger partial charge in [0, 0.05) is 25.0 Å². The Bertz CT molecular complexity index is 519. The molecule has 88 valence electrons. The molecule has 5 heteroatoms. The fourth-order valence-electron chi connectivity index (χ4n) is 1.46. The maximum absolute atomic E-state index is 5.76. The van der Waals surface area contributed by atoms with Crippen LogP contribution in [-0.4, -0.2) is 24.1 Å². The van der Waals surface area contributed by atoms with Crippen molar-refractivity contribution in [3.05, 3.63) is 41.8 Å². The molecule has 0 atom stereocenters. The Morgan fingerprint density at radius 1 is 1.29 bits per heavy atom. The molecule has 0 aliphatic carbocycles. The van der Waals surface area contributed by atoms with E-state index in [1.807, 2.05) is 36.2 Å². The lowest BCUT2D eigenvalue weighted by molar-refractivity contribution is 0.415. The summed E-state index contributed by atoms with van der Waals surface area (Å²) in [7, 11) is 3.55. The molecule has 0 amide bonds. The monoisotopic (exact) mass is 249 g/mol. The number of hydrogen-bond acceptors (Lipinski definition) is 4. The highest BCUT2D eigenvalue weighted by molar-refractivity contribution is 6.28. The molecule has 17 heavy (non-hydrogen) atoms. The van der Waals surface area contributed by atoms with Crippen LogP contribution in [0.25, 0.3) is 0 Å². The van der Waals surface area contributed by atoms with Crippen molar-refractivity contribution in [3.8, 4) is 5.75 Å². The molecule has 4 nitrogen and oxygen atoms in total. The zero-order chi connectivity index (χ0) is 12.3. The molecule has 1 aromatic heterocycles. The van der Waals surface area contributed by atoms with Crippen molar-refractivity contribution in [1.82, 2.24) is 9.97 Å². The third-order valence-corrected chi connectivity index (χ3v) is 2.58. The number of methoxy groups -OCH3 is 1. The van der Waals surface area contributed by atoms with E-state index in [-0.39, 0.29) is 5.28 Å². The van der Waals surface area contributed by atoms with Gasteiger partial charge in [-0.3, -0.25) is 0 Å². The fraction of sp³-hybridized carbons (Fsp3) is 0.167. The average Bonchev–Trinajstić information content (AvgIpc) is 2.38. The fourth-order valence-corrected chi connectivity index (χ4v) is 1.61. The Hall–Kier alpha value is -1.81. The van der Waals surface area contributed by atoms with Crippen LogP contribution in [0.5, 0.6) is 5.75 Å². The second-order valence-electron chi connectivity index (χ2n) is 3.44. The van der Waals surface area contributed by atoms with E-state index < -0.39 is 0 Å². The molecule has 0 saturated heterocycles. The minimum absolute atomic E-state index is 0.234. The summed E-state index contributed by atoms with van der Waals surface area (Å²) in [6.45, 7) is 0. The summed E-state index contributed by atoms with van der Waals surface area (Å²) in [5, 5.41) is 0.234. The van der Waals surface area contributed by atoms with Crippen LogP contribution >= 0.6 is 11.6 Å². The molecule has 2 aromatic rings. The van der Waals surface area contributed by atoms with Crippen LogP contribution in [0.3, 0.4) is 0 Å². The average molecular weight is 250 g/mol. The van der Waals surface area contributed by atoms with Crippen molar-refractivity contribution in [3.63, 3.8) is 0 Å². The molecule has 0 N–H and O–H groups in total. The number of anilines is 2. The molecule has 0 fully saturated rings. The van der Waals surface area contributed by atoms with Gasteiger partial charge >= 0.3 is 0 Å². The van der Waals surface area contributed by atoms with Crippen LogP contribution in [0, 0.1) is 0 Å². The predicted octanol–water partition coefficient (Wildman–Crippen LogP) is 2.91. The van der Waals surface area contributed by atoms with E-state index in [0.29, 0.717) is 0 Å². The summed E-state index contributed by atoms with van der Waals surface area (Å²) in [6.07, 6.45) is 1.63. The lowest BCUT2D eigenvalue weighted by Crippen LogP contribution is -2.11. The summed E-state index contributed by atoms with van der Waals surface area (Å²) >= 11 is 5.76. The first-order valence-electron chi connectivity index (χ1n) is 5.07. The van der Waals surface area contributed by atoms with Gasteiger partial charge in [0.15, 0.2) is 0 Å². The Balaban J connectivity index is 2.33. The topological polar surface area (TPSA) is 38.2 Å². The molecule has 0 bridgehead atoms. The summed E-state index contributed by atoms with van der Waals surface area (Å²) in [6, 6.07) is 9.51. The zero-order valence-corrected chi connectivity index (χ0v) is 10.3. The smallest absolute Gasteiger partial charge is 0.224 e. The van der Waals surface area contributed by atoms with Gasteiger partial charge in [-0.15, -0.1) is 0 Å². The molecular formula is C12H12ClN3O. The van der Waals surface area contributed by atoms with E-state index in [4.69, 9.17) is 16.3 Å². The van der Waals surface area contributed by atoms with Crippen LogP contribution < -0.4 is 9.64 Å². The number of rotatable bonds is 3. The molecule has 0 aliphatic rings. The Kier molecular flexibility index (Phi) is 3.44. The summed E-state index contributed by atoms with van der Waals surface area (Å²) in [5.74, 6) is 1.53. The van der Waals surface area contributed by atoms with Gasteiger partial charge in [-0.25, -0.2) is 9.97 Å². The van der Waals surface area contributed by atoms with E-state index in [2.05, 4.69) is 9.97 Å². The number of hydrogen-bond donors (Lipinski definition) is 0. The van der Waals surface area contributed by atoms with Crippen LogP contribution in [-0.2, 0) is 0 Å². The standard InChI is InChI=1S/C12H12ClN3O/c1-16(11-6-7-14-12(13)15-11)9-4-3-5-10(8-9)17-2/h3-8H,1-2H3. The highest BCUT2D eigenvalue weighted by Crippen LogP contribution is 2.25. The molecule has 2 rings (SSSR count). The molecular weight excluding hydrogens is 238 g/mol. The molecule has 0 radical (unpaired) electrons. The van der Waals surface area contributed by atoms with E-state index in [1.165, 1.54) is 0 Å². The summed E-state index contributed by atoms with van der Waals surface area (Å²) in [5.41, 5.74) is 0.971. The van der Waals surface area contributed by atoms with Gasteiger partial charge in [0.2, 0.25) is 5.28 Å². The van der Waals surface area contributed by atoms with Gasteiger partial charge in [0.05, 0.1) is 7.11 Å². The lowest BCUT2D eigenvalue weighted by Gasteiger charge is -2.18. The second-order valence-corrected chi connectivity index (χ2v) is 3.78. The van der Waals surface area contributed by atoms with E-state index in [9.17, 15) is 0 Å². The molecule has 0 unspecified atom stereocenters. The maximum Gasteiger partial charge on any atom is 0.224 e. The Morgan fingerprint density at radius 3 is 2.82 bits per heavy atom. The largest absolute Gasteiger partial charge is 0.497 e. The van der Waals surface area contributed by atoms with Crippen LogP contribution in [0.4, 0.5) is 11.5 Å². The molecule has 0 spiro atoms. The van der Waals surface area contributed by atoms with Gasteiger partial charge in [0.25, 0.3) is 0 Å². The van der Waals surface area contributed by atoms with Gasteiger partial charge in [0.1, 0.15) is 11.6 Å². The molecule has 1 aromatic carbocycles. The van der Waals surface area contributed by atoms with Crippen molar-refractivity contribution >= 4 is 23.1 Å². The molecule has 0 saturated carbocycles. The van der Waals surface area contributed by atoms with E-state index >= 15 is 0 Å². The highest BCUT2D eigenvalue weighted by Gasteiger charge is 2.06. The minimum Gasteiger partial charge on any atom is -0.497 e. The maximum atomic E-state index is 5.76. The van der Waals surface area contributed by atoms with E-state index in [0.717, 1.165) is 17.3 Å². The van der Waals surface area contributed by atoms with Crippen molar-refractivity contribution in [2.75, 3.05) is 19.1 Å². The third-order valence-electron chi connectivity index (χ3n) is 2.40. The van der Waals surface area contributed by atoms with Gasteiger partial charge in [-0.1, -0.05) is 6.07 Å². The SMILES string of the molecule is COc1cccc(N(C)c2ccnc(Cl)n2)c1. The minimum atomic E-state index is 0.234. The number of nitrogens with zero attached hydrogens (tertiary/aromatic N) is 3. The quantitative estimate of drug-likeness (QED) is 0.784. The summed E-state index contributed by atoms with van der Waals surface area (Å²) in [4.78, 5) is 9.91. The van der Waals surface area contributed by atoms with Gasteiger partial charge in [-0.05, 0) is 29.8 Å². The van der Waals surface area contributed by atoms with Crippen LogP contribution in [0.1, 0.15) is 0 Å². The van der Waals surface area contributed by atoms with Crippen molar-refractivity contribution in [2.24, 2.45) is 0 Å². The summed E-state index contributed by atoms with van der Waals surface area (Å²) < 4.78 is 5.18. The van der Waals surface area contributed by atoms with Crippen LogP contribution in [0.2, 0.25) is 5.28 Å². The van der Waals surface area contributed by atoms with Gasteiger partial charge in [-0.2, -0.15) is 0 Å². The zero-order valence-electron chi connectivity index (χ0n) is 9.59. The van der Waals surface area contributed by atoms with Gasteiger partial charge < -0.3 is 9.64 Å². The molecule has 1 heterocycles. The Labute approximate surface area is 105 Å². The van der Waals surface area contributed by atoms with Crippen molar-refractivity contribution in [2.45, 2.75) is 0 Å². The van der Waals surface area contributed by atoms with Crippen molar-refractivity contribution in [1.29, 1.82) is 0 Å². The first-order chi connectivity index (χ1) is 8.20. The van der Waals surface area contributed by atoms with Crippen molar-refractivity contribution < 1.29 is 4.74 Å². The second kappa shape index (κ2) is 5.01. The predicted molar refractivity (Wildman–Crippen MR) is 68.1 cm³/mol. The number of aromatic nitrogens is 2. The first kappa shape index (κ1) is 11.7. The third kappa shape index (κ3) is 2.65. The Morgan fingerprint density at radius 2 is 2.12 bits per heavy atom. The number of ether oxygens (including phenoxy) is 1. The van der Waals surface area contributed by atoms with Crippen LogP contribution in [0.15, 0.2) is 36.5 Å². The highest BCUT2D eigenvalue weighted by atomic mass is 35.5. The molecule has 0 aliphatic heterocycles. The number of halogens is 1. The van der Waals surface area contributed by atoms with E-state index in [1.54, 1.807) is 19.4 Å².